The Labute approximate surface area is 138 Å². The molecule has 0 atom stereocenters. The molecule has 1 aromatic carbocycles. The van der Waals surface area contributed by atoms with Gasteiger partial charge in [0.2, 0.25) is 0 Å². The minimum absolute atomic E-state index is 0.117. The molecule has 0 aliphatic heterocycles. The minimum Gasteiger partial charge on any atom is -0.396 e. The highest BCUT2D eigenvalue weighted by Crippen LogP contribution is 2.25. The van der Waals surface area contributed by atoms with Crippen molar-refractivity contribution >= 4 is 17.5 Å². The summed E-state index contributed by atoms with van der Waals surface area (Å²) in [4.78, 5) is 12.6. The molecule has 0 saturated heterocycles. The van der Waals surface area contributed by atoms with Crippen LogP contribution >= 0.6 is 11.6 Å². The zero-order chi connectivity index (χ0) is 16.2. The standard InChI is InChI=1S/C15H18ClN5O2/c16-11-3-6-14(21-9-17-19-20-21)13(7-11)15(23)18-12-4-1-10(8-22)2-5-12/h3,6-7,9-10,12,22H,1-2,4-5,8H2,(H,18,23). The van der Waals surface area contributed by atoms with Crippen LogP contribution in [0.2, 0.25) is 5.02 Å². The average molecular weight is 336 g/mol. The van der Waals surface area contributed by atoms with Crippen LogP contribution in [0.25, 0.3) is 5.69 Å². The van der Waals surface area contributed by atoms with Crippen LogP contribution in [0.3, 0.4) is 0 Å². The summed E-state index contributed by atoms with van der Waals surface area (Å²) in [5.74, 6) is 0.163. The average Bonchev–Trinajstić information content (AvgIpc) is 3.09. The van der Waals surface area contributed by atoms with Crippen molar-refractivity contribution in [3.05, 3.63) is 35.1 Å². The SMILES string of the molecule is O=C(NC1CCC(CO)CC1)c1cc(Cl)ccc1-n1cnnn1. The van der Waals surface area contributed by atoms with Gasteiger partial charge in [-0.2, -0.15) is 4.68 Å². The van der Waals surface area contributed by atoms with Gasteiger partial charge in [-0.1, -0.05) is 11.6 Å². The Balaban J connectivity index is 1.76. The molecule has 122 valence electrons. The van der Waals surface area contributed by atoms with Crippen molar-refractivity contribution in [2.75, 3.05) is 6.61 Å². The fraction of sp³-hybridized carbons (Fsp3) is 0.467. The summed E-state index contributed by atoms with van der Waals surface area (Å²) < 4.78 is 1.44. The number of benzene rings is 1. The summed E-state index contributed by atoms with van der Waals surface area (Å²) in [5.41, 5.74) is 1.02. The number of carbonyl (C=O) groups excluding carboxylic acids is 1. The van der Waals surface area contributed by atoms with Gasteiger partial charge in [-0.3, -0.25) is 4.79 Å². The Hall–Kier alpha value is -1.99. The first-order chi connectivity index (χ1) is 11.2. The van der Waals surface area contributed by atoms with Crippen LogP contribution in [0.1, 0.15) is 36.0 Å². The van der Waals surface area contributed by atoms with Gasteiger partial charge in [0.05, 0.1) is 11.3 Å². The Kier molecular flexibility index (Phi) is 4.88. The number of nitrogens with zero attached hydrogens (tertiary/aromatic N) is 4. The molecule has 7 nitrogen and oxygen atoms in total. The number of nitrogens with one attached hydrogen (secondary N) is 1. The van der Waals surface area contributed by atoms with E-state index in [0.29, 0.717) is 22.2 Å². The smallest absolute Gasteiger partial charge is 0.253 e. The lowest BCUT2D eigenvalue weighted by Crippen LogP contribution is -2.38. The molecular weight excluding hydrogens is 318 g/mol. The Morgan fingerprint density at radius 3 is 2.78 bits per heavy atom. The quantitative estimate of drug-likeness (QED) is 0.885. The Morgan fingerprint density at radius 1 is 1.35 bits per heavy atom. The topological polar surface area (TPSA) is 92.9 Å². The summed E-state index contributed by atoms with van der Waals surface area (Å²) in [6.45, 7) is 0.221. The molecule has 2 N–H and O–H groups in total. The van der Waals surface area contributed by atoms with Crippen molar-refractivity contribution in [1.82, 2.24) is 25.5 Å². The number of carbonyl (C=O) groups is 1. The molecule has 3 rings (SSSR count). The molecule has 0 unspecified atom stereocenters. The molecule has 1 saturated carbocycles. The molecule has 1 aromatic heterocycles. The van der Waals surface area contributed by atoms with Crippen LogP contribution in [0.4, 0.5) is 0 Å². The number of tetrazole rings is 1. The number of aliphatic hydroxyl groups is 1. The van der Waals surface area contributed by atoms with E-state index in [9.17, 15) is 9.90 Å². The summed E-state index contributed by atoms with van der Waals surface area (Å²) >= 11 is 6.03. The second-order valence-electron chi connectivity index (χ2n) is 5.79. The largest absolute Gasteiger partial charge is 0.396 e. The van der Waals surface area contributed by atoms with E-state index < -0.39 is 0 Å². The minimum atomic E-state index is -0.189. The van der Waals surface area contributed by atoms with E-state index in [4.69, 9.17) is 11.6 Å². The van der Waals surface area contributed by atoms with Crippen LogP contribution in [0.5, 0.6) is 0 Å². The van der Waals surface area contributed by atoms with Crippen molar-refractivity contribution in [3.8, 4) is 5.69 Å². The molecule has 2 aromatic rings. The lowest BCUT2D eigenvalue weighted by molar-refractivity contribution is 0.0914. The normalized spacial score (nSPS) is 21.1. The van der Waals surface area contributed by atoms with Gasteiger partial charge in [-0.25, -0.2) is 0 Å². The van der Waals surface area contributed by atoms with Crippen molar-refractivity contribution in [2.24, 2.45) is 5.92 Å². The highest BCUT2D eigenvalue weighted by atomic mass is 35.5. The van der Waals surface area contributed by atoms with E-state index in [1.54, 1.807) is 18.2 Å². The van der Waals surface area contributed by atoms with Gasteiger partial charge in [0.25, 0.3) is 5.91 Å². The fourth-order valence-electron chi connectivity index (χ4n) is 2.91. The predicted molar refractivity (Wildman–Crippen MR) is 84.5 cm³/mol. The molecular formula is C15H18ClN5O2. The maximum absolute atomic E-state index is 12.6. The molecule has 1 aliphatic rings. The zero-order valence-corrected chi connectivity index (χ0v) is 13.3. The van der Waals surface area contributed by atoms with E-state index in [0.717, 1.165) is 25.7 Å². The van der Waals surface area contributed by atoms with Crippen LogP contribution in [0, 0.1) is 5.92 Å². The van der Waals surface area contributed by atoms with Gasteiger partial charge in [0.1, 0.15) is 6.33 Å². The van der Waals surface area contributed by atoms with E-state index >= 15 is 0 Å². The highest BCUT2D eigenvalue weighted by Gasteiger charge is 2.23. The van der Waals surface area contributed by atoms with E-state index in [1.165, 1.54) is 11.0 Å². The Bertz CT molecular complexity index is 669. The molecule has 8 heteroatoms. The third kappa shape index (κ3) is 3.68. The van der Waals surface area contributed by atoms with Crippen molar-refractivity contribution in [2.45, 2.75) is 31.7 Å². The summed E-state index contributed by atoms with van der Waals surface area (Å²) in [7, 11) is 0. The van der Waals surface area contributed by atoms with Gasteiger partial charge < -0.3 is 10.4 Å². The van der Waals surface area contributed by atoms with Gasteiger partial charge in [-0.15, -0.1) is 5.10 Å². The lowest BCUT2D eigenvalue weighted by atomic mass is 9.86. The monoisotopic (exact) mass is 335 g/mol. The number of hydrogen-bond donors (Lipinski definition) is 2. The van der Waals surface area contributed by atoms with Crippen LogP contribution in [-0.2, 0) is 0 Å². The second kappa shape index (κ2) is 7.06. The second-order valence-corrected chi connectivity index (χ2v) is 6.23. The van der Waals surface area contributed by atoms with Crippen LogP contribution in [-0.4, -0.2) is 43.9 Å². The molecule has 0 bridgehead atoms. The molecule has 0 radical (unpaired) electrons. The first-order valence-corrected chi connectivity index (χ1v) is 8.00. The van der Waals surface area contributed by atoms with Crippen molar-refractivity contribution in [1.29, 1.82) is 0 Å². The summed E-state index contributed by atoms with van der Waals surface area (Å²) in [6.07, 6.45) is 5.04. The highest BCUT2D eigenvalue weighted by molar-refractivity contribution is 6.31. The van der Waals surface area contributed by atoms with E-state index in [1.807, 2.05) is 0 Å². The number of aromatic nitrogens is 4. The van der Waals surface area contributed by atoms with Crippen LogP contribution < -0.4 is 5.32 Å². The first kappa shape index (κ1) is 15.9. The molecule has 23 heavy (non-hydrogen) atoms. The fourth-order valence-corrected chi connectivity index (χ4v) is 3.09. The number of rotatable bonds is 4. The number of amides is 1. The summed E-state index contributed by atoms with van der Waals surface area (Å²) in [5, 5.41) is 23.7. The number of halogens is 1. The van der Waals surface area contributed by atoms with Crippen molar-refractivity contribution < 1.29 is 9.90 Å². The molecule has 1 aliphatic carbocycles. The van der Waals surface area contributed by atoms with Crippen molar-refractivity contribution in [3.63, 3.8) is 0 Å². The number of hydrogen-bond acceptors (Lipinski definition) is 5. The van der Waals surface area contributed by atoms with Crippen LogP contribution in [0.15, 0.2) is 24.5 Å². The van der Waals surface area contributed by atoms with Gasteiger partial charge in [0.15, 0.2) is 0 Å². The van der Waals surface area contributed by atoms with Gasteiger partial charge in [0, 0.05) is 17.7 Å². The molecule has 1 amide bonds. The zero-order valence-electron chi connectivity index (χ0n) is 12.5. The summed E-state index contributed by atoms with van der Waals surface area (Å²) in [6, 6.07) is 5.15. The van der Waals surface area contributed by atoms with E-state index in [-0.39, 0.29) is 18.6 Å². The first-order valence-electron chi connectivity index (χ1n) is 7.62. The van der Waals surface area contributed by atoms with Gasteiger partial charge in [-0.05, 0) is 60.2 Å². The molecule has 1 heterocycles. The third-order valence-electron chi connectivity index (χ3n) is 4.24. The Morgan fingerprint density at radius 2 is 2.13 bits per heavy atom. The third-order valence-corrected chi connectivity index (χ3v) is 4.47. The lowest BCUT2D eigenvalue weighted by Gasteiger charge is -2.28. The predicted octanol–water partition coefficient (Wildman–Crippen LogP) is 1.60. The molecule has 0 spiro atoms. The maximum atomic E-state index is 12.6. The molecule has 1 fully saturated rings. The van der Waals surface area contributed by atoms with Gasteiger partial charge >= 0.3 is 0 Å². The number of aliphatic hydroxyl groups excluding tert-OH is 1. The maximum Gasteiger partial charge on any atom is 0.253 e. The van der Waals surface area contributed by atoms with E-state index in [2.05, 4.69) is 20.8 Å².